The zero-order valence-corrected chi connectivity index (χ0v) is 9.25. The third-order valence-corrected chi connectivity index (χ3v) is 2.74. The molecule has 0 aliphatic rings. The zero-order chi connectivity index (χ0) is 10.6. The molecule has 1 aromatic heterocycles. The van der Waals surface area contributed by atoms with Crippen molar-refractivity contribution in [1.29, 1.82) is 0 Å². The number of halogens is 1. The van der Waals surface area contributed by atoms with Gasteiger partial charge in [-0.1, -0.05) is 0 Å². The van der Waals surface area contributed by atoms with Gasteiger partial charge in [0.1, 0.15) is 0 Å². The molecule has 0 atom stereocenters. The summed E-state index contributed by atoms with van der Waals surface area (Å²) in [4.78, 5) is 3.65. The van der Waals surface area contributed by atoms with Crippen LogP contribution in [0.5, 0.6) is 0 Å². The van der Waals surface area contributed by atoms with Gasteiger partial charge in [0, 0.05) is 30.0 Å². The molecule has 5 nitrogen and oxygen atoms in total. The van der Waals surface area contributed by atoms with Crippen molar-refractivity contribution < 1.29 is 13.2 Å². The molecule has 0 N–H and O–H groups in total. The van der Waals surface area contributed by atoms with Crippen LogP contribution in [0.2, 0.25) is 0 Å². The van der Waals surface area contributed by atoms with Crippen LogP contribution in [0.25, 0.3) is 0 Å². The quantitative estimate of drug-likeness (QED) is 0.564. The van der Waals surface area contributed by atoms with Gasteiger partial charge in [0.2, 0.25) is 0 Å². The van der Waals surface area contributed by atoms with E-state index in [1.54, 1.807) is 4.57 Å². The largest absolute Gasteiger partial charge is 0.380 e. The van der Waals surface area contributed by atoms with Gasteiger partial charge in [-0.05, 0) is 6.92 Å². The minimum Gasteiger partial charge on any atom is -0.380 e. The van der Waals surface area contributed by atoms with Gasteiger partial charge >= 0.3 is 0 Å². The third kappa shape index (κ3) is 3.28. The van der Waals surface area contributed by atoms with Gasteiger partial charge in [0.25, 0.3) is 9.05 Å². The van der Waals surface area contributed by atoms with Crippen LogP contribution < -0.4 is 0 Å². The number of hydrogen-bond acceptors (Lipinski definition) is 4. The van der Waals surface area contributed by atoms with E-state index < -0.39 is 9.05 Å². The van der Waals surface area contributed by atoms with Crippen molar-refractivity contribution in [3.8, 4) is 0 Å². The fraction of sp³-hybridized carbons (Fsp3) is 0.571. The van der Waals surface area contributed by atoms with Gasteiger partial charge in [-0.3, -0.25) is 0 Å². The minimum atomic E-state index is -3.71. The van der Waals surface area contributed by atoms with Crippen molar-refractivity contribution in [2.45, 2.75) is 18.5 Å². The maximum absolute atomic E-state index is 10.8. The summed E-state index contributed by atoms with van der Waals surface area (Å²) >= 11 is 0. The standard InChI is InChI=1S/C7H11ClN2O3S/c1-2-13-4-3-10-5-7(9-6-10)14(8,11)12/h5-6H,2-4H2,1H3. The second-order valence-electron chi connectivity index (χ2n) is 2.58. The molecule has 0 saturated carbocycles. The highest BCUT2D eigenvalue weighted by molar-refractivity contribution is 8.13. The number of imidazole rings is 1. The number of ether oxygens (including phenoxy) is 1. The summed E-state index contributed by atoms with van der Waals surface area (Å²) < 4.78 is 28.4. The van der Waals surface area contributed by atoms with Crippen LogP contribution in [0.1, 0.15) is 6.92 Å². The van der Waals surface area contributed by atoms with Crippen molar-refractivity contribution >= 4 is 19.7 Å². The Kier molecular flexibility index (Phi) is 3.91. The first-order chi connectivity index (χ1) is 6.54. The van der Waals surface area contributed by atoms with Gasteiger partial charge in [0.15, 0.2) is 5.03 Å². The van der Waals surface area contributed by atoms with Crippen molar-refractivity contribution in [2.24, 2.45) is 0 Å². The summed E-state index contributed by atoms with van der Waals surface area (Å²) in [6, 6.07) is 0. The Bertz CT molecular complexity index is 387. The fourth-order valence-corrected chi connectivity index (χ4v) is 1.58. The highest BCUT2D eigenvalue weighted by Crippen LogP contribution is 2.10. The lowest BCUT2D eigenvalue weighted by atomic mass is 10.6. The Morgan fingerprint density at radius 1 is 1.64 bits per heavy atom. The summed E-state index contributed by atoms with van der Waals surface area (Å²) in [5.41, 5.74) is 0. The van der Waals surface area contributed by atoms with Crippen LogP contribution in [0.3, 0.4) is 0 Å². The average molecular weight is 239 g/mol. The molecule has 0 bridgehead atoms. The topological polar surface area (TPSA) is 61.2 Å². The van der Waals surface area contributed by atoms with Crippen LogP contribution in [0, 0.1) is 0 Å². The summed E-state index contributed by atoms with van der Waals surface area (Å²) in [6.45, 7) is 3.61. The Labute approximate surface area is 87.1 Å². The van der Waals surface area contributed by atoms with Gasteiger partial charge < -0.3 is 9.30 Å². The van der Waals surface area contributed by atoms with Crippen LogP contribution >= 0.6 is 10.7 Å². The lowest BCUT2D eigenvalue weighted by Gasteiger charge is -2.00. The predicted octanol–water partition coefficient (Wildman–Crippen LogP) is 0.847. The van der Waals surface area contributed by atoms with E-state index in [-0.39, 0.29) is 5.03 Å². The number of nitrogens with zero attached hydrogens (tertiary/aromatic N) is 2. The molecular formula is C7H11ClN2O3S. The Balaban J connectivity index is 2.60. The van der Waals surface area contributed by atoms with Gasteiger partial charge in [0.05, 0.1) is 12.9 Å². The first kappa shape index (κ1) is 11.5. The van der Waals surface area contributed by atoms with Crippen molar-refractivity contribution in [3.05, 3.63) is 12.5 Å². The first-order valence-electron chi connectivity index (χ1n) is 4.08. The predicted molar refractivity (Wildman–Crippen MR) is 51.8 cm³/mol. The van der Waals surface area contributed by atoms with E-state index in [4.69, 9.17) is 15.4 Å². The molecule has 0 aliphatic carbocycles. The van der Waals surface area contributed by atoms with Gasteiger partial charge in [-0.2, -0.15) is 0 Å². The van der Waals surface area contributed by atoms with E-state index in [2.05, 4.69) is 4.98 Å². The van der Waals surface area contributed by atoms with Crippen molar-refractivity contribution in [1.82, 2.24) is 9.55 Å². The lowest BCUT2D eigenvalue weighted by molar-refractivity contribution is 0.139. The van der Waals surface area contributed by atoms with Crippen LogP contribution in [-0.2, 0) is 20.3 Å². The molecule has 0 spiro atoms. The Morgan fingerprint density at radius 2 is 2.36 bits per heavy atom. The van der Waals surface area contributed by atoms with Crippen LogP contribution in [0.4, 0.5) is 0 Å². The highest BCUT2D eigenvalue weighted by atomic mass is 35.7. The van der Waals surface area contributed by atoms with Gasteiger partial charge in [-0.25, -0.2) is 13.4 Å². The third-order valence-electron chi connectivity index (χ3n) is 1.56. The number of hydrogen-bond donors (Lipinski definition) is 0. The molecule has 1 rings (SSSR count). The molecule has 0 aliphatic heterocycles. The Morgan fingerprint density at radius 3 is 2.86 bits per heavy atom. The molecule has 0 amide bonds. The molecule has 0 aromatic carbocycles. The second kappa shape index (κ2) is 4.77. The van der Waals surface area contributed by atoms with Crippen LogP contribution in [-0.4, -0.2) is 31.2 Å². The molecule has 0 radical (unpaired) electrons. The van der Waals surface area contributed by atoms with Crippen LogP contribution in [0.15, 0.2) is 17.6 Å². The summed E-state index contributed by atoms with van der Waals surface area (Å²) in [6.07, 6.45) is 2.79. The molecule has 14 heavy (non-hydrogen) atoms. The fourth-order valence-electron chi connectivity index (χ4n) is 0.902. The van der Waals surface area contributed by atoms with E-state index in [1.807, 2.05) is 6.92 Å². The average Bonchev–Trinajstić information content (AvgIpc) is 2.52. The van der Waals surface area contributed by atoms with Gasteiger partial charge in [-0.15, -0.1) is 0 Å². The maximum Gasteiger partial charge on any atom is 0.280 e. The number of rotatable bonds is 5. The molecule has 0 fully saturated rings. The molecule has 1 aromatic rings. The van der Waals surface area contributed by atoms with E-state index in [0.717, 1.165) is 0 Å². The summed E-state index contributed by atoms with van der Waals surface area (Å²) in [5, 5.41) is -0.129. The molecule has 7 heteroatoms. The smallest absolute Gasteiger partial charge is 0.280 e. The molecular weight excluding hydrogens is 228 g/mol. The zero-order valence-electron chi connectivity index (χ0n) is 7.68. The van der Waals surface area contributed by atoms with E-state index in [0.29, 0.717) is 19.8 Å². The van der Waals surface area contributed by atoms with Crippen molar-refractivity contribution in [3.63, 3.8) is 0 Å². The summed E-state index contributed by atoms with van der Waals surface area (Å²) in [5.74, 6) is 0. The molecule has 80 valence electrons. The number of aromatic nitrogens is 2. The summed E-state index contributed by atoms with van der Waals surface area (Å²) in [7, 11) is 1.39. The van der Waals surface area contributed by atoms with E-state index in [9.17, 15) is 8.42 Å². The SMILES string of the molecule is CCOCCn1cnc(S(=O)(=O)Cl)c1. The normalized spacial score (nSPS) is 11.9. The highest BCUT2D eigenvalue weighted by Gasteiger charge is 2.12. The molecule has 1 heterocycles. The minimum absolute atomic E-state index is 0.129. The van der Waals surface area contributed by atoms with E-state index in [1.165, 1.54) is 12.5 Å². The first-order valence-corrected chi connectivity index (χ1v) is 6.39. The van der Waals surface area contributed by atoms with Crippen molar-refractivity contribution in [2.75, 3.05) is 13.2 Å². The second-order valence-corrected chi connectivity index (χ2v) is 5.10. The Hall–Kier alpha value is -0.590. The monoisotopic (exact) mass is 238 g/mol. The van der Waals surface area contributed by atoms with E-state index >= 15 is 0 Å². The molecule has 0 saturated heterocycles. The maximum atomic E-state index is 10.8. The molecule has 0 unspecified atom stereocenters. The lowest BCUT2D eigenvalue weighted by Crippen LogP contribution is -2.03.